The first kappa shape index (κ1) is 19.2. The highest BCUT2D eigenvalue weighted by Gasteiger charge is 2.40. The quantitative estimate of drug-likeness (QED) is 0.731. The van der Waals surface area contributed by atoms with Crippen LogP contribution in [0.25, 0.3) is 0 Å². The number of halogens is 3. The summed E-state index contributed by atoms with van der Waals surface area (Å²) in [5.74, 6) is -0.547. The molecule has 2 aromatic carbocycles. The molecule has 3 nitrogen and oxygen atoms in total. The second-order valence-electron chi connectivity index (χ2n) is 6.98. The highest BCUT2D eigenvalue weighted by molar-refractivity contribution is 6.30. The van der Waals surface area contributed by atoms with Crippen molar-refractivity contribution in [3.8, 4) is 0 Å². The van der Waals surface area contributed by atoms with E-state index in [1.807, 2.05) is 25.1 Å². The number of benzene rings is 2. The van der Waals surface area contributed by atoms with Crippen LogP contribution in [0.15, 0.2) is 42.5 Å². The van der Waals surface area contributed by atoms with E-state index in [0.717, 1.165) is 5.56 Å². The normalized spacial score (nSPS) is 25.7. The molecule has 0 aliphatic carbocycles. The van der Waals surface area contributed by atoms with E-state index in [1.165, 1.54) is 13.0 Å². The zero-order chi connectivity index (χ0) is 18.9. The summed E-state index contributed by atoms with van der Waals surface area (Å²) in [6.07, 6.45) is 0.196. The van der Waals surface area contributed by atoms with Crippen LogP contribution in [0, 0.1) is 5.82 Å². The average Bonchev–Trinajstić information content (AvgIpc) is 2.53. The summed E-state index contributed by atoms with van der Waals surface area (Å²) in [5.41, 5.74) is 0.791. The molecule has 3 rings (SSSR count). The first-order valence-corrected chi connectivity index (χ1v) is 9.16. The fourth-order valence-corrected chi connectivity index (χ4v) is 3.93. The van der Waals surface area contributed by atoms with Gasteiger partial charge < -0.3 is 10.1 Å². The van der Waals surface area contributed by atoms with Crippen LogP contribution < -0.4 is 5.32 Å². The fourth-order valence-electron chi connectivity index (χ4n) is 3.57. The van der Waals surface area contributed by atoms with E-state index in [1.54, 1.807) is 18.2 Å². The zero-order valence-electron chi connectivity index (χ0n) is 14.6. The summed E-state index contributed by atoms with van der Waals surface area (Å²) >= 11 is 12.0. The Morgan fingerprint density at radius 3 is 2.50 bits per heavy atom. The lowest BCUT2D eigenvalue weighted by atomic mass is 9.81. The van der Waals surface area contributed by atoms with Crippen molar-refractivity contribution in [1.29, 1.82) is 0 Å². The monoisotopic (exact) mass is 395 g/mol. The van der Waals surface area contributed by atoms with Gasteiger partial charge >= 0.3 is 0 Å². The molecule has 1 heterocycles. The average molecular weight is 396 g/mol. The number of hydrogen-bond acceptors (Lipinski definition) is 2. The number of amides is 1. The SMILES string of the molecule is CC(=O)N[C@@]1(C)C[C@@H](c2cccc(Cl)c2)O[C@@H](c2ccc(Cl)cc2F)C1. The number of carbonyl (C=O) groups excluding carboxylic acids is 1. The van der Waals surface area contributed by atoms with Crippen molar-refractivity contribution in [1.82, 2.24) is 5.32 Å². The molecule has 0 spiro atoms. The van der Waals surface area contributed by atoms with E-state index in [9.17, 15) is 9.18 Å². The number of ether oxygens (including phenoxy) is 1. The van der Waals surface area contributed by atoms with E-state index in [4.69, 9.17) is 27.9 Å². The molecule has 138 valence electrons. The van der Waals surface area contributed by atoms with Gasteiger partial charge in [-0.25, -0.2) is 4.39 Å². The number of rotatable bonds is 3. The van der Waals surface area contributed by atoms with Gasteiger partial charge in [0.1, 0.15) is 5.82 Å². The predicted molar refractivity (Wildman–Crippen MR) is 101 cm³/mol. The molecular formula is C20H20Cl2FNO2. The molecule has 1 aliphatic heterocycles. The molecule has 3 atom stereocenters. The Hall–Kier alpha value is -1.62. The van der Waals surface area contributed by atoms with Crippen molar-refractivity contribution in [3.05, 3.63) is 69.5 Å². The molecule has 1 aliphatic rings. The maximum Gasteiger partial charge on any atom is 0.217 e. The van der Waals surface area contributed by atoms with Gasteiger partial charge in [-0.15, -0.1) is 0 Å². The molecule has 26 heavy (non-hydrogen) atoms. The van der Waals surface area contributed by atoms with Crippen molar-refractivity contribution >= 4 is 29.1 Å². The summed E-state index contributed by atoms with van der Waals surface area (Å²) < 4.78 is 20.7. The van der Waals surface area contributed by atoms with Gasteiger partial charge in [-0.05, 0) is 36.8 Å². The van der Waals surface area contributed by atoms with Gasteiger partial charge in [0, 0.05) is 40.9 Å². The molecule has 1 fully saturated rings. The Morgan fingerprint density at radius 1 is 1.15 bits per heavy atom. The largest absolute Gasteiger partial charge is 0.365 e. The van der Waals surface area contributed by atoms with E-state index in [2.05, 4.69) is 5.32 Å². The molecule has 0 aromatic heterocycles. The second kappa shape index (κ2) is 7.55. The Balaban J connectivity index is 1.97. The lowest BCUT2D eigenvalue weighted by molar-refractivity contribution is -0.126. The lowest BCUT2D eigenvalue weighted by Crippen LogP contribution is -2.50. The van der Waals surface area contributed by atoms with Crippen molar-refractivity contribution in [3.63, 3.8) is 0 Å². The van der Waals surface area contributed by atoms with Gasteiger partial charge in [-0.2, -0.15) is 0 Å². The van der Waals surface area contributed by atoms with Crippen LogP contribution >= 0.6 is 23.2 Å². The predicted octanol–water partition coefficient (Wildman–Crippen LogP) is 5.62. The number of carbonyl (C=O) groups is 1. The highest BCUT2D eigenvalue weighted by atomic mass is 35.5. The third kappa shape index (κ3) is 4.37. The Morgan fingerprint density at radius 2 is 1.85 bits per heavy atom. The van der Waals surface area contributed by atoms with Crippen molar-refractivity contribution in [2.45, 2.75) is 44.4 Å². The van der Waals surface area contributed by atoms with Crippen LogP contribution in [-0.2, 0) is 9.53 Å². The number of nitrogens with one attached hydrogen (secondary N) is 1. The van der Waals surface area contributed by atoms with E-state index < -0.39 is 17.5 Å². The topological polar surface area (TPSA) is 38.3 Å². The molecular weight excluding hydrogens is 376 g/mol. The minimum absolute atomic E-state index is 0.130. The molecule has 0 bridgehead atoms. The maximum atomic E-state index is 14.5. The molecule has 6 heteroatoms. The van der Waals surface area contributed by atoms with Crippen LogP contribution in [-0.4, -0.2) is 11.4 Å². The third-order valence-electron chi connectivity index (χ3n) is 4.61. The highest BCUT2D eigenvalue weighted by Crippen LogP contribution is 2.44. The Bertz CT molecular complexity index is 829. The summed E-state index contributed by atoms with van der Waals surface area (Å²) in [6, 6.07) is 11.9. The van der Waals surface area contributed by atoms with Crippen molar-refractivity contribution in [2.75, 3.05) is 0 Å². The van der Waals surface area contributed by atoms with Crippen LogP contribution in [0.1, 0.15) is 50.0 Å². The van der Waals surface area contributed by atoms with Gasteiger partial charge in [0.15, 0.2) is 0 Å². The lowest BCUT2D eigenvalue weighted by Gasteiger charge is -2.43. The molecule has 0 radical (unpaired) electrons. The van der Waals surface area contributed by atoms with Crippen LogP contribution in [0.5, 0.6) is 0 Å². The van der Waals surface area contributed by atoms with Crippen LogP contribution in [0.3, 0.4) is 0 Å². The summed E-state index contributed by atoms with van der Waals surface area (Å²) in [6.45, 7) is 3.43. The van der Waals surface area contributed by atoms with Crippen molar-refractivity contribution in [2.24, 2.45) is 0 Å². The van der Waals surface area contributed by atoms with Crippen LogP contribution in [0.2, 0.25) is 10.0 Å². The molecule has 1 saturated heterocycles. The van der Waals surface area contributed by atoms with Crippen molar-refractivity contribution < 1.29 is 13.9 Å². The van der Waals surface area contributed by atoms with Gasteiger partial charge in [0.2, 0.25) is 5.91 Å². The van der Waals surface area contributed by atoms with Gasteiger partial charge in [-0.1, -0.05) is 41.4 Å². The smallest absolute Gasteiger partial charge is 0.217 e. The Labute approximate surface area is 162 Å². The standard InChI is InChI=1S/C20H20Cl2FNO2/c1-12(25)24-20(2)10-18(13-4-3-5-14(21)8-13)26-19(11-20)16-7-6-15(22)9-17(16)23/h3-9,18-19H,10-11H2,1-2H3,(H,24,25)/t18-,19+,20-/m0/s1. The van der Waals surface area contributed by atoms with E-state index in [0.29, 0.717) is 28.5 Å². The molecule has 2 aromatic rings. The summed E-state index contributed by atoms with van der Waals surface area (Å²) in [7, 11) is 0. The fraction of sp³-hybridized carbons (Fsp3) is 0.350. The van der Waals surface area contributed by atoms with Gasteiger partial charge in [0.05, 0.1) is 12.2 Å². The van der Waals surface area contributed by atoms with E-state index >= 15 is 0 Å². The minimum Gasteiger partial charge on any atom is -0.365 e. The first-order chi connectivity index (χ1) is 12.3. The molecule has 1 N–H and O–H groups in total. The molecule has 0 unspecified atom stereocenters. The number of hydrogen-bond donors (Lipinski definition) is 1. The van der Waals surface area contributed by atoms with Crippen LogP contribution in [0.4, 0.5) is 4.39 Å². The van der Waals surface area contributed by atoms with Gasteiger partial charge in [-0.3, -0.25) is 4.79 Å². The molecule has 1 amide bonds. The summed E-state index contributed by atoms with van der Waals surface area (Å²) in [4.78, 5) is 11.7. The maximum absolute atomic E-state index is 14.5. The van der Waals surface area contributed by atoms with E-state index in [-0.39, 0.29) is 12.0 Å². The summed E-state index contributed by atoms with van der Waals surface area (Å²) in [5, 5.41) is 3.94. The second-order valence-corrected chi connectivity index (χ2v) is 7.86. The minimum atomic E-state index is -0.534. The third-order valence-corrected chi connectivity index (χ3v) is 5.08. The molecule has 0 saturated carbocycles. The first-order valence-electron chi connectivity index (χ1n) is 8.40. The van der Waals surface area contributed by atoms with Gasteiger partial charge in [0.25, 0.3) is 0 Å². The zero-order valence-corrected chi connectivity index (χ0v) is 16.1. The Kier molecular flexibility index (Phi) is 5.56.